The number of carbonyl (C=O) groups excluding carboxylic acids is 2. The minimum Gasteiger partial charge on any atom is -0.490 e. The molecule has 0 bridgehead atoms. The topological polar surface area (TPSA) is 102 Å². The van der Waals surface area contributed by atoms with Gasteiger partial charge in [0.25, 0.3) is 5.91 Å². The molecule has 0 atom stereocenters. The Morgan fingerprint density at radius 1 is 1.13 bits per heavy atom. The fraction of sp³-hybridized carbons (Fsp3) is 0.318. The fourth-order valence-corrected chi connectivity index (χ4v) is 3.45. The first kappa shape index (κ1) is 20.5. The molecule has 0 spiro atoms. The molecular formula is C22H24N6O3. The summed E-state index contributed by atoms with van der Waals surface area (Å²) in [5.41, 5.74) is 1.34. The molecule has 1 fully saturated rings. The van der Waals surface area contributed by atoms with Crippen LogP contribution in [-0.2, 0) is 17.9 Å². The number of benzene rings is 1. The fourth-order valence-electron chi connectivity index (χ4n) is 3.45. The molecule has 1 saturated heterocycles. The molecule has 1 aliphatic rings. The second-order valence-corrected chi connectivity index (χ2v) is 7.32. The summed E-state index contributed by atoms with van der Waals surface area (Å²) in [6, 6.07) is 12.7. The lowest BCUT2D eigenvalue weighted by Crippen LogP contribution is -2.43. The summed E-state index contributed by atoms with van der Waals surface area (Å²) in [5.74, 6) is 0.498. The summed E-state index contributed by atoms with van der Waals surface area (Å²) < 4.78 is 7.61. The van der Waals surface area contributed by atoms with E-state index in [4.69, 9.17) is 4.74 Å². The standard InChI is InChI=1S/C22H24N6O3/c29-21(14-28-16-23-15-26-28)27-10-7-19(8-11-27)31-20-6-3-4-17(12-20)22(30)25-13-18-5-1-2-9-24-18/h1-6,9,12,15-16,19H,7-8,10-11,13-14H2,(H,25,30). The normalized spacial score (nSPS) is 14.3. The van der Waals surface area contributed by atoms with Crippen LogP contribution in [0.4, 0.5) is 0 Å². The number of rotatable bonds is 7. The second-order valence-electron chi connectivity index (χ2n) is 7.32. The molecule has 9 nitrogen and oxygen atoms in total. The molecule has 31 heavy (non-hydrogen) atoms. The first-order valence-electron chi connectivity index (χ1n) is 10.2. The maximum absolute atomic E-state index is 12.5. The SMILES string of the molecule is O=C(NCc1ccccn1)c1cccc(OC2CCN(C(=O)Cn3cncn3)CC2)c1. The minimum atomic E-state index is -0.176. The molecule has 1 N–H and O–H groups in total. The molecule has 160 valence electrons. The van der Waals surface area contributed by atoms with Crippen molar-refractivity contribution in [2.75, 3.05) is 13.1 Å². The van der Waals surface area contributed by atoms with Crippen molar-refractivity contribution in [1.29, 1.82) is 0 Å². The quantitative estimate of drug-likeness (QED) is 0.624. The smallest absolute Gasteiger partial charge is 0.251 e. The van der Waals surface area contributed by atoms with Crippen LogP contribution in [-0.4, -0.2) is 55.7 Å². The van der Waals surface area contributed by atoms with Crippen LogP contribution >= 0.6 is 0 Å². The first-order chi connectivity index (χ1) is 15.2. The van der Waals surface area contributed by atoms with Crippen molar-refractivity contribution in [3.8, 4) is 5.75 Å². The summed E-state index contributed by atoms with van der Waals surface area (Å²) in [6.07, 6.45) is 6.12. The third-order valence-corrected chi connectivity index (χ3v) is 5.11. The maximum atomic E-state index is 12.5. The predicted octanol–water partition coefficient (Wildman–Crippen LogP) is 1.67. The van der Waals surface area contributed by atoms with Gasteiger partial charge in [-0.05, 0) is 30.3 Å². The molecule has 2 amide bonds. The predicted molar refractivity (Wildman–Crippen MR) is 112 cm³/mol. The molecule has 1 aliphatic heterocycles. The van der Waals surface area contributed by atoms with E-state index in [1.165, 1.54) is 17.3 Å². The van der Waals surface area contributed by atoms with Crippen molar-refractivity contribution in [2.24, 2.45) is 0 Å². The highest BCUT2D eigenvalue weighted by Gasteiger charge is 2.24. The van der Waals surface area contributed by atoms with E-state index >= 15 is 0 Å². The van der Waals surface area contributed by atoms with Crippen LogP contribution in [0, 0.1) is 0 Å². The van der Waals surface area contributed by atoms with Crippen LogP contribution in [0.5, 0.6) is 5.75 Å². The van der Waals surface area contributed by atoms with Crippen molar-refractivity contribution in [3.63, 3.8) is 0 Å². The molecule has 3 aromatic rings. The molecule has 0 radical (unpaired) electrons. The summed E-state index contributed by atoms with van der Waals surface area (Å²) in [4.78, 5) is 34.7. The zero-order chi connectivity index (χ0) is 21.5. The number of carbonyl (C=O) groups is 2. The van der Waals surface area contributed by atoms with E-state index in [-0.39, 0.29) is 24.5 Å². The number of hydrogen-bond acceptors (Lipinski definition) is 6. The zero-order valence-corrected chi connectivity index (χ0v) is 17.1. The van der Waals surface area contributed by atoms with Crippen LogP contribution in [0.1, 0.15) is 28.9 Å². The Labute approximate surface area is 180 Å². The number of hydrogen-bond donors (Lipinski definition) is 1. The lowest BCUT2D eigenvalue weighted by Gasteiger charge is -2.32. The van der Waals surface area contributed by atoms with Gasteiger partial charge in [0.2, 0.25) is 5.91 Å². The molecule has 0 aliphatic carbocycles. The highest BCUT2D eigenvalue weighted by Crippen LogP contribution is 2.20. The average molecular weight is 420 g/mol. The molecule has 0 saturated carbocycles. The molecule has 9 heteroatoms. The average Bonchev–Trinajstić information content (AvgIpc) is 3.32. The van der Waals surface area contributed by atoms with Gasteiger partial charge in [0, 0.05) is 37.7 Å². The van der Waals surface area contributed by atoms with Crippen molar-refractivity contribution < 1.29 is 14.3 Å². The number of amides is 2. The third kappa shape index (κ3) is 5.65. The van der Waals surface area contributed by atoms with Crippen molar-refractivity contribution >= 4 is 11.8 Å². The number of aromatic nitrogens is 4. The number of nitrogens with zero attached hydrogens (tertiary/aromatic N) is 5. The Morgan fingerprint density at radius 3 is 2.74 bits per heavy atom. The van der Waals surface area contributed by atoms with Crippen molar-refractivity contribution in [3.05, 3.63) is 72.6 Å². The summed E-state index contributed by atoms with van der Waals surface area (Å²) in [6.45, 7) is 1.82. The molecule has 0 unspecified atom stereocenters. The van der Waals surface area contributed by atoms with Gasteiger partial charge in [-0.25, -0.2) is 9.67 Å². The van der Waals surface area contributed by atoms with E-state index in [1.54, 1.807) is 18.3 Å². The van der Waals surface area contributed by atoms with E-state index in [0.717, 1.165) is 18.5 Å². The molecule has 3 heterocycles. The van der Waals surface area contributed by atoms with Crippen LogP contribution < -0.4 is 10.1 Å². The van der Waals surface area contributed by atoms with Gasteiger partial charge in [-0.2, -0.15) is 5.10 Å². The monoisotopic (exact) mass is 420 g/mol. The number of ether oxygens (including phenoxy) is 1. The van der Waals surface area contributed by atoms with Crippen molar-refractivity contribution in [2.45, 2.75) is 32.0 Å². The van der Waals surface area contributed by atoms with Crippen LogP contribution in [0.2, 0.25) is 0 Å². The van der Waals surface area contributed by atoms with Gasteiger partial charge >= 0.3 is 0 Å². The van der Waals surface area contributed by atoms with Gasteiger partial charge in [0.15, 0.2) is 0 Å². The zero-order valence-electron chi connectivity index (χ0n) is 17.1. The van der Waals surface area contributed by atoms with Crippen LogP contribution in [0.25, 0.3) is 0 Å². The molecule has 2 aromatic heterocycles. The van der Waals surface area contributed by atoms with E-state index < -0.39 is 0 Å². The lowest BCUT2D eigenvalue weighted by atomic mass is 10.1. The van der Waals surface area contributed by atoms with Crippen molar-refractivity contribution in [1.82, 2.24) is 30.0 Å². The highest BCUT2D eigenvalue weighted by molar-refractivity contribution is 5.94. The molecule has 1 aromatic carbocycles. The minimum absolute atomic E-state index is 0.00208. The molecule has 4 rings (SSSR count). The van der Waals surface area contributed by atoms with Gasteiger partial charge in [0.05, 0.1) is 12.2 Å². The lowest BCUT2D eigenvalue weighted by molar-refractivity contribution is -0.133. The summed E-state index contributed by atoms with van der Waals surface area (Å²) >= 11 is 0. The largest absolute Gasteiger partial charge is 0.490 e. The van der Waals surface area contributed by atoms with Crippen LogP contribution in [0.3, 0.4) is 0 Å². The van der Waals surface area contributed by atoms with Gasteiger partial charge in [-0.3, -0.25) is 14.6 Å². The first-order valence-corrected chi connectivity index (χ1v) is 10.2. The Morgan fingerprint density at radius 2 is 2.00 bits per heavy atom. The second kappa shape index (κ2) is 9.84. The van der Waals surface area contributed by atoms with E-state index in [0.29, 0.717) is 30.9 Å². The maximum Gasteiger partial charge on any atom is 0.251 e. The number of piperidine rings is 1. The Balaban J connectivity index is 1.26. The highest BCUT2D eigenvalue weighted by atomic mass is 16.5. The number of likely N-dealkylation sites (tertiary alicyclic amines) is 1. The molecular weight excluding hydrogens is 396 g/mol. The van der Waals surface area contributed by atoms with Gasteiger partial charge < -0.3 is 15.0 Å². The summed E-state index contributed by atoms with van der Waals surface area (Å²) in [7, 11) is 0. The Hall–Kier alpha value is -3.75. The van der Waals surface area contributed by atoms with Gasteiger partial charge in [-0.1, -0.05) is 12.1 Å². The van der Waals surface area contributed by atoms with Gasteiger partial charge in [-0.15, -0.1) is 0 Å². The third-order valence-electron chi connectivity index (χ3n) is 5.11. The van der Waals surface area contributed by atoms with Gasteiger partial charge in [0.1, 0.15) is 31.1 Å². The Kier molecular flexibility index (Phi) is 6.51. The number of nitrogens with one attached hydrogen (secondary N) is 1. The van der Waals surface area contributed by atoms with E-state index in [1.807, 2.05) is 35.2 Å². The van der Waals surface area contributed by atoms with Crippen LogP contribution in [0.15, 0.2) is 61.3 Å². The number of pyridine rings is 1. The summed E-state index contributed by atoms with van der Waals surface area (Å²) in [5, 5.41) is 6.84. The van der Waals surface area contributed by atoms with E-state index in [2.05, 4.69) is 20.4 Å². The van der Waals surface area contributed by atoms with E-state index in [9.17, 15) is 9.59 Å². The Bertz CT molecular complexity index is 1000.